The minimum absolute atomic E-state index is 0.0603. The summed E-state index contributed by atoms with van der Waals surface area (Å²) in [6, 6.07) is 13.1. The van der Waals surface area contributed by atoms with Gasteiger partial charge in [0.05, 0.1) is 15.5 Å². The van der Waals surface area contributed by atoms with E-state index in [2.05, 4.69) is 15.3 Å². The van der Waals surface area contributed by atoms with Gasteiger partial charge in [0.15, 0.2) is 0 Å². The summed E-state index contributed by atoms with van der Waals surface area (Å²) in [4.78, 5) is 21.5. The number of aromatic nitrogens is 2. The third kappa shape index (κ3) is 5.07. The number of halogens is 1. The maximum Gasteiger partial charge on any atom is 0.257 e. The zero-order valence-corrected chi connectivity index (χ0v) is 18.8. The van der Waals surface area contributed by atoms with E-state index in [0.717, 1.165) is 17.9 Å². The van der Waals surface area contributed by atoms with Gasteiger partial charge in [0.1, 0.15) is 10.1 Å². The van der Waals surface area contributed by atoms with Gasteiger partial charge in [-0.25, -0.2) is 18.4 Å². The van der Waals surface area contributed by atoms with Crippen LogP contribution in [0.15, 0.2) is 75.9 Å². The first kappa shape index (κ1) is 21.8. The summed E-state index contributed by atoms with van der Waals surface area (Å²) in [7, 11) is -3.65. The molecule has 160 valence electrons. The van der Waals surface area contributed by atoms with E-state index in [0.29, 0.717) is 23.8 Å². The number of rotatable bonds is 6. The van der Waals surface area contributed by atoms with Gasteiger partial charge in [-0.15, -0.1) is 0 Å². The fourth-order valence-electron chi connectivity index (χ4n) is 3.17. The van der Waals surface area contributed by atoms with Crippen LogP contribution in [-0.4, -0.2) is 41.7 Å². The lowest BCUT2D eigenvalue weighted by Gasteiger charge is -2.16. The molecule has 1 aromatic carbocycles. The molecule has 7 nitrogen and oxygen atoms in total. The van der Waals surface area contributed by atoms with Crippen LogP contribution in [0.4, 0.5) is 5.69 Å². The van der Waals surface area contributed by atoms with Crippen molar-refractivity contribution in [3.8, 4) is 0 Å². The van der Waals surface area contributed by atoms with Crippen molar-refractivity contribution in [2.45, 2.75) is 27.8 Å². The van der Waals surface area contributed by atoms with Crippen molar-refractivity contribution in [1.29, 1.82) is 0 Å². The van der Waals surface area contributed by atoms with Crippen LogP contribution in [0.1, 0.15) is 23.2 Å². The molecule has 0 unspecified atom stereocenters. The minimum atomic E-state index is -3.65. The third-order valence-corrected chi connectivity index (χ3v) is 7.83. The molecular formula is C21H19ClN4O3S2. The highest BCUT2D eigenvalue weighted by Crippen LogP contribution is 2.28. The van der Waals surface area contributed by atoms with Crippen LogP contribution in [0.5, 0.6) is 0 Å². The van der Waals surface area contributed by atoms with E-state index in [1.54, 1.807) is 24.5 Å². The minimum Gasteiger partial charge on any atom is -0.322 e. The number of nitrogens with one attached hydrogen (secondary N) is 1. The largest absolute Gasteiger partial charge is 0.322 e. The van der Waals surface area contributed by atoms with Crippen LogP contribution in [0.25, 0.3) is 0 Å². The number of carbonyl (C=O) groups excluding carboxylic acids is 1. The number of benzene rings is 1. The first-order valence-corrected chi connectivity index (χ1v) is 12.2. The smallest absolute Gasteiger partial charge is 0.257 e. The van der Waals surface area contributed by atoms with E-state index in [4.69, 9.17) is 11.6 Å². The van der Waals surface area contributed by atoms with Crippen molar-refractivity contribution in [3.05, 3.63) is 71.5 Å². The van der Waals surface area contributed by atoms with Crippen molar-refractivity contribution in [2.24, 2.45) is 0 Å². The average molecular weight is 475 g/mol. The molecule has 0 saturated carbocycles. The van der Waals surface area contributed by atoms with E-state index >= 15 is 0 Å². The van der Waals surface area contributed by atoms with Crippen molar-refractivity contribution < 1.29 is 13.2 Å². The van der Waals surface area contributed by atoms with Crippen LogP contribution in [-0.2, 0) is 10.0 Å². The van der Waals surface area contributed by atoms with Crippen LogP contribution in [0.3, 0.4) is 0 Å². The molecule has 1 aliphatic heterocycles. The van der Waals surface area contributed by atoms with Gasteiger partial charge in [-0.2, -0.15) is 4.31 Å². The van der Waals surface area contributed by atoms with Crippen molar-refractivity contribution in [1.82, 2.24) is 14.3 Å². The normalized spacial score (nSPS) is 14.5. The highest BCUT2D eigenvalue weighted by atomic mass is 35.5. The summed E-state index contributed by atoms with van der Waals surface area (Å²) in [6.07, 6.45) is 4.94. The van der Waals surface area contributed by atoms with Gasteiger partial charge in [-0.3, -0.25) is 4.79 Å². The standard InChI is InChI=1S/C21H19ClN4O3S2/c22-18-7-6-16(31(28,29)26-11-3-4-12-26)14-17(18)21(27)25-15-8-10-24-20(13-15)30-19-5-1-2-9-23-19/h1-2,5-10,13-14H,3-4,11-12H2,(H,24,25,27). The quantitative estimate of drug-likeness (QED) is 0.572. The molecule has 1 saturated heterocycles. The Bertz CT molecular complexity index is 1200. The highest BCUT2D eigenvalue weighted by molar-refractivity contribution is 7.99. The fraction of sp³-hybridized carbons (Fsp3) is 0.190. The Kier molecular flexibility index (Phi) is 6.57. The Balaban J connectivity index is 1.54. The van der Waals surface area contributed by atoms with Gasteiger partial charge < -0.3 is 5.32 Å². The number of hydrogen-bond donors (Lipinski definition) is 1. The summed E-state index contributed by atoms with van der Waals surface area (Å²) in [6.45, 7) is 0.973. The van der Waals surface area contributed by atoms with Crippen molar-refractivity contribution in [2.75, 3.05) is 18.4 Å². The second kappa shape index (κ2) is 9.35. The zero-order chi connectivity index (χ0) is 21.8. The van der Waals surface area contributed by atoms with Crippen molar-refractivity contribution >= 4 is 45.0 Å². The topological polar surface area (TPSA) is 92.3 Å². The lowest BCUT2D eigenvalue weighted by Crippen LogP contribution is -2.28. The fourth-order valence-corrected chi connectivity index (χ4v) is 5.69. The highest BCUT2D eigenvalue weighted by Gasteiger charge is 2.28. The second-order valence-corrected chi connectivity index (χ2v) is 10.2. The third-order valence-electron chi connectivity index (χ3n) is 4.72. The molecule has 0 atom stereocenters. The maximum atomic E-state index is 12.9. The molecule has 2 aromatic heterocycles. The van der Waals surface area contributed by atoms with Gasteiger partial charge in [-0.1, -0.05) is 29.4 Å². The molecule has 3 heterocycles. The number of hydrogen-bond acceptors (Lipinski definition) is 6. The monoisotopic (exact) mass is 474 g/mol. The van der Waals surface area contributed by atoms with Gasteiger partial charge in [0.25, 0.3) is 5.91 Å². The van der Waals surface area contributed by atoms with E-state index in [-0.39, 0.29) is 15.5 Å². The SMILES string of the molecule is O=C(Nc1ccnc(Sc2ccccn2)c1)c1cc(S(=O)(=O)N2CCCC2)ccc1Cl. The molecular weight excluding hydrogens is 456 g/mol. The average Bonchev–Trinajstić information content (AvgIpc) is 3.31. The first-order valence-electron chi connectivity index (χ1n) is 9.59. The molecule has 0 bridgehead atoms. The molecule has 10 heteroatoms. The molecule has 1 aliphatic rings. The number of amides is 1. The van der Waals surface area contributed by atoms with Crippen LogP contribution < -0.4 is 5.32 Å². The Morgan fingerprint density at radius 1 is 1.00 bits per heavy atom. The summed E-state index contributed by atoms with van der Waals surface area (Å²) in [5.41, 5.74) is 0.611. The maximum absolute atomic E-state index is 12.9. The van der Waals surface area contributed by atoms with Crippen LogP contribution in [0.2, 0.25) is 5.02 Å². The Morgan fingerprint density at radius 3 is 2.52 bits per heavy atom. The van der Waals surface area contributed by atoms with E-state index in [1.807, 2.05) is 18.2 Å². The van der Waals surface area contributed by atoms with E-state index in [1.165, 1.54) is 34.3 Å². The molecule has 1 amide bonds. The molecule has 1 N–H and O–H groups in total. The lowest BCUT2D eigenvalue weighted by atomic mass is 10.2. The summed E-state index contributed by atoms with van der Waals surface area (Å²) in [5, 5.41) is 4.38. The number of anilines is 1. The summed E-state index contributed by atoms with van der Waals surface area (Å²) >= 11 is 7.57. The van der Waals surface area contributed by atoms with E-state index < -0.39 is 15.9 Å². The molecule has 31 heavy (non-hydrogen) atoms. The molecule has 0 spiro atoms. The summed E-state index contributed by atoms with van der Waals surface area (Å²) in [5.74, 6) is -0.497. The van der Waals surface area contributed by atoms with Gasteiger partial charge in [0.2, 0.25) is 10.0 Å². The number of carbonyl (C=O) groups is 1. The first-order chi connectivity index (χ1) is 14.9. The summed E-state index contributed by atoms with van der Waals surface area (Å²) < 4.78 is 27.1. The lowest BCUT2D eigenvalue weighted by molar-refractivity contribution is 0.102. The van der Waals surface area contributed by atoms with Crippen LogP contribution >= 0.6 is 23.4 Å². The second-order valence-electron chi connectivity index (χ2n) is 6.86. The number of nitrogens with zero attached hydrogens (tertiary/aromatic N) is 3. The molecule has 4 rings (SSSR count). The molecule has 0 radical (unpaired) electrons. The van der Waals surface area contributed by atoms with Gasteiger partial charge in [0, 0.05) is 31.2 Å². The molecule has 1 fully saturated rings. The Hall–Kier alpha value is -2.46. The predicted molar refractivity (Wildman–Crippen MR) is 120 cm³/mol. The molecule has 3 aromatic rings. The Morgan fingerprint density at radius 2 is 1.77 bits per heavy atom. The zero-order valence-electron chi connectivity index (χ0n) is 16.4. The predicted octanol–water partition coefficient (Wildman–Crippen LogP) is 4.32. The number of pyridine rings is 2. The molecule has 0 aliphatic carbocycles. The van der Waals surface area contributed by atoms with Gasteiger partial charge in [-0.05, 0) is 55.3 Å². The number of sulfonamides is 1. The van der Waals surface area contributed by atoms with Gasteiger partial charge >= 0.3 is 0 Å². The van der Waals surface area contributed by atoms with E-state index in [9.17, 15) is 13.2 Å². The van der Waals surface area contributed by atoms with Crippen LogP contribution in [0, 0.1) is 0 Å². The van der Waals surface area contributed by atoms with Crippen molar-refractivity contribution in [3.63, 3.8) is 0 Å². The Labute approximate surface area is 189 Å².